The van der Waals surface area contributed by atoms with E-state index in [1.165, 1.54) is 23.0 Å². The van der Waals surface area contributed by atoms with Crippen molar-refractivity contribution in [3.63, 3.8) is 0 Å². The van der Waals surface area contributed by atoms with Crippen LogP contribution in [0.3, 0.4) is 0 Å². The second-order valence-electron chi connectivity index (χ2n) is 7.21. The number of fused-ring (bicyclic) bond motifs is 2. The van der Waals surface area contributed by atoms with Crippen LogP contribution in [-0.2, 0) is 9.53 Å². The van der Waals surface area contributed by atoms with Crippen LogP contribution >= 0.6 is 22.9 Å². The molecule has 1 aromatic heterocycles. The number of hydrogen-bond donors (Lipinski definition) is 0. The van der Waals surface area contributed by atoms with E-state index < -0.39 is 12.0 Å². The molecular formula is C23H17ClN2O5S. The minimum atomic E-state index is -0.744. The highest BCUT2D eigenvalue weighted by Gasteiger charge is 2.34. The van der Waals surface area contributed by atoms with Crippen LogP contribution < -0.4 is 24.4 Å². The molecule has 0 bridgehead atoms. The van der Waals surface area contributed by atoms with Crippen molar-refractivity contribution in [3.05, 3.63) is 89.6 Å². The second-order valence-corrected chi connectivity index (χ2v) is 8.62. The molecule has 0 N–H and O–H groups in total. The number of esters is 1. The summed E-state index contributed by atoms with van der Waals surface area (Å²) in [5, 5.41) is 0.443. The smallest absolute Gasteiger partial charge is 0.338 e. The van der Waals surface area contributed by atoms with Crippen LogP contribution in [0, 0.1) is 0 Å². The monoisotopic (exact) mass is 468 g/mol. The summed E-state index contributed by atoms with van der Waals surface area (Å²) >= 11 is 7.72. The van der Waals surface area contributed by atoms with Crippen molar-refractivity contribution in [1.29, 1.82) is 0 Å². The number of halogens is 1. The molecule has 0 saturated heterocycles. The third kappa shape index (κ3) is 3.32. The summed E-state index contributed by atoms with van der Waals surface area (Å²) in [6, 6.07) is 11.9. The Bertz CT molecular complexity index is 1470. The number of aromatic nitrogens is 1. The molecule has 2 aliphatic heterocycles. The zero-order valence-electron chi connectivity index (χ0n) is 17.1. The van der Waals surface area contributed by atoms with Gasteiger partial charge in [0.2, 0.25) is 6.79 Å². The Balaban J connectivity index is 1.73. The van der Waals surface area contributed by atoms with E-state index in [4.69, 9.17) is 25.8 Å². The van der Waals surface area contributed by atoms with Crippen molar-refractivity contribution in [2.24, 2.45) is 4.99 Å². The number of thiazole rings is 1. The van der Waals surface area contributed by atoms with Crippen molar-refractivity contribution in [3.8, 4) is 11.5 Å². The highest BCUT2D eigenvalue weighted by Crippen LogP contribution is 2.35. The Morgan fingerprint density at radius 3 is 2.81 bits per heavy atom. The third-order valence-electron chi connectivity index (χ3n) is 5.32. The first-order valence-corrected chi connectivity index (χ1v) is 10.9. The molecule has 162 valence electrons. The largest absolute Gasteiger partial charge is 0.466 e. The zero-order chi connectivity index (χ0) is 22.4. The Labute approximate surface area is 191 Å². The van der Waals surface area contributed by atoms with Crippen LogP contribution in [0.25, 0.3) is 6.08 Å². The predicted molar refractivity (Wildman–Crippen MR) is 120 cm³/mol. The zero-order valence-corrected chi connectivity index (χ0v) is 18.7. The summed E-state index contributed by atoms with van der Waals surface area (Å²) in [5.41, 5.74) is 1.91. The summed E-state index contributed by atoms with van der Waals surface area (Å²) < 4.78 is 17.8. The molecule has 3 aromatic rings. The average molecular weight is 469 g/mol. The fourth-order valence-electron chi connectivity index (χ4n) is 3.84. The normalized spacial score (nSPS) is 17.2. The van der Waals surface area contributed by atoms with Crippen LogP contribution in [-0.4, -0.2) is 24.4 Å². The second kappa shape index (κ2) is 7.96. The lowest BCUT2D eigenvalue weighted by molar-refractivity contribution is -0.136. The van der Waals surface area contributed by atoms with Crippen LogP contribution in [0.15, 0.2) is 63.5 Å². The van der Waals surface area contributed by atoms with E-state index in [1.807, 2.05) is 18.2 Å². The first-order valence-electron chi connectivity index (χ1n) is 9.73. The SMILES string of the molecule is COC(=O)C1=C(C)N=c2s/c(=C\c3ccc4c(c3)OCO4)c(=O)n2C1c1ccccc1Cl. The molecule has 2 aromatic carbocycles. The Morgan fingerprint density at radius 1 is 1.25 bits per heavy atom. The summed E-state index contributed by atoms with van der Waals surface area (Å²) in [7, 11) is 1.30. The summed E-state index contributed by atoms with van der Waals surface area (Å²) in [5.74, 6) is 0.742. The third-order valence-corrected chi connectivity index (χ3v) is 6.65. The van der Waals surface area contributed by atoms with Crippen molar-refractivity contribution in [2.75, 3.05) is 13.9 Å². The van der Waals surface area contributed by atoms with Gasteiger partial charge >= 0.3 is 5.97 Å². The molecule has 0 amide bonds. The van der Waals surface area contributed by atoms with Gasteiger partial charge in [0, 0.05) is 5.02 Å². The molecule has 0 aliphatic carbocycles. The maximum absolute atomic E-state index is 13.5. The van der Waals surface area contributed by atoms with Crippen LogP contribution in [0.4, 0.5) is 0 Å². The molecule has 0 saturated carbocycles. The van der Waals surface area contributed by atoms with E-state index in [-0.39, 0.29) is 17.9 Å². The Morgan fingerprint density at radius 2 is 2.03 bits per heavy atom. The fraction of sp³-hybridized carbons (Fsp3) is 0.174. The van der Waals surface area contributed by atoms with Gasteiger partial charge in [0.05, 0.1) is 22.9 Å². The number of ether oxygens (including phenoxy) is 3. The van der Waals surface area contributed by atoms with Gasteiger partial charge in [0.25, 0.3) is 5.56 Å². The molecule has 3 heterocycles. The molecule has 1 atom stereocenters. The van der Waals surface area contributed by atoms with Gasteiger partial charge in [-0.2, -0.15) is 0 Å². The number of allylic oxidation sites excluding steroid dienone is 1. The number of carbonyl (C=O) groups excluding carboxylic acids is 1. The number of methoxy groups -OCH3 is 1. The summed E-state index contributed by atoms with van der Waals surface area (Å²) in [6.45, 7) is 1.90. The van der Waals surface area contributed by atoms with E-state index in [1.54, 1.807) is 37.3 Å². The Kier molecular flexibility index (Phi) is 5.11. The first-order chi connectivity index (χ1) is 15.5. The van der Waals surface area contributed by atoms with Crippen LogP contribution in [0.1, 0.15) is 24.1 Å². The lowest BCUT2D eigenvalue weighted by Gasteiger charge is -2.25. The van der Waals surface area contributed by atoms with Gasteiger partial charge < -0.3 is 14.2 Å². The average Bonchev–Trinajstić information content (AvgIpc) is 3.37. The molecule has 0 fully saturated rings. The highest BCUT2D eigenvalue weighted by molar-refractivity contribution is 7.07. The van der Waals surface area contributed by atoms with Gasteiger partial charge in [0.15, 0.2) is 16.3 Å². The summed E-state index contributed by atoms with van der Waals surface area (Å²) in [6.07, 6.45) is 1.77. The van der Waals surface area contributed by atoms with Crippen molar-refractivity contribution < 1.29 is 19.0 Å². The van der Waals surface area contributed by atoms with Crippen LogP contribution in [0.5, 0.6) is 11.5 Å². The topological polar surface area (TPSA) is 79.1 Å². The van der Waals surface area contributed by atoms with Gasteiger partial charge in [0.1, 0.15) is 6.04 Å². The standard InChI is InChI=1S/C23H17ClN2O5S/c1-12-19(22(28)29-2)20(14-5-3-4-6-15(14)24)26-21(27)18(32-23(26)25-12)10-13-7-8-16-17(9-13)31-11-30-16/h3-10,20H,11H2,1-2H3/b18-10-. The summed E-state index contributed by atoms with van der Waals surface area (Å²) in [4.78, 5) is 31.2. The van der Waals surface area contributed by atoms with Crippen molar-refractivity contribution >= 4 is 35.0 Å². The number of benzene rings is 2. The lowest BCUT2D eigenvalue weighted by Crippen LogP contribution is -2.39. The predicted octanol–water partition coefficient (Wildman–Crippen LogP) is 2.79. The highest BCUT2D eigenvalue weighted by atomic mass is 35.5. The van der Waals surface area contributed by atoms with Gasteiger partial charge in [-0.25, -0.2) is 9.79 Å². The molecule has 7 nitrogen and oxygen atoms in total. The van der Waals surface area contributed by atoms with Gasteiger partial charge in [-0.3, -0.25) is 9.36 Å². The number of hydrogen-bond acceptors (Lipinski definition) is 7. The molecular weight excluding hydrogens is 452 g/mol. The maximum atomic E-state index is 13.5. The van der Waals surface area contributed by atoms with E-state index in [2.05, 4.69) is 4.99 Å². The quantitative estimate of drug-likeness (QED) is 0.552. The van der Waals surface area contributed by atoms with E-state index >= 15 is 0 Å². The lowest BCUT2D eigenvalue weighted by atomic mass is 9.96. The Hall–Kier alpha value is -3.36. The number of nitrogens with zero attached hydrogens (tertiary/aromatic N) is 2. The van der Waals surface area contributed by atoms with Gasteiger partial charge in [-0.1, -0.05) is 47.2 Å². The van der Waals surface area contributed by atoms with Crippen molar-refractivity contribution in [2.45, 2.75) is 13.0 Å². The van der Waals surface area contributed by atoms with Gasteiger partial charge in [-0.05, 0) is 42.3 Å². The number of rotatable bonds is 3. The number of carbonyl (C=O) groups is 1. The van der Waals surface area contributed by atoms with Gasteiger partial charge in [-0.15, -0.1) is 0 Å². The minimum absolute atomic E-state index is 0.175. The molecule has 5 rings (SSSR count). The molecule has 0 spiro atoms. The maximum Gasteiger partial charge on any atom is 0.338 e. The molecule has 9 heteroatoms. The molecule has 32 heavy (non-hydrogen) atoms. The fourth-order valence-corrected chi connectivity index (χ4v) is 5.12. The minimum Gasteiger partial charge on any atom is -0.466 e. The molecule has 0 radical (unpaired) electrons. The first kappa shape index (κ1) is 20.5. The molecule has 2 aliphatic rings. The van der Waals surface area contributed by atoms with Crippen molar-refractivity contribution in [1.82, 2.24) is 4.57 Å². The molecule has 1 unspecified atom stereocenters. The van der Waals surface area contributed by atoms with E-state index in [0.717, 1.165) is 5.56 Å². The van der Waals surface area contributed by atoms with E-state index in [0.29, 0.717) is 37.1 Å². The van der Waals surface area contributed by atoms with Crippen LogP contribution in [0.2, 0.25) is 5.02 Å². The van der Waals surface area contributed by atoms with E-state index in [9.17, 15) is 9.59 Å².